The lowest BCUT2D eigenvalue weighted by molar-refractivity contribution is 0.0696. The van der Waals surface area contributed by atoms with E-state index in [1.54, 1.807) is 24.3 Å². The van der Waals surface area contributed by atoms with Gasteiger partial charge in [0.15, 0.2) is 0 Å². The molecule has 1 aliphatic carbocycles. The molecule has 1 unspecified atom stereocenters. The van der Waals surface area contributed by atoms with Crippen molar-refractivity contribution in [1.82, 2.24) is 5.32 Å². The Morgan fingerprint density at radius 1 is 1.42 bits per heavy atom. The minimum Gasteiger partial charge on any atom is -0.492 e. The summed E-state index contributed by atoms with van der Waals surface area (Å²) in [5.41, 5.74) is 0.253. The molecule has 19 heavy (non-hydrogen) atoms. The Balaban J connectivity index is 1.71. The Kier molecular flexibility index (Phi) is 4.98. The smallest absolute Gasteiger partial charge is 0.335 e. The number of nitrogens with one attached hydrogen (secondary N) is 1. The van der Waals surface area contributed by atoms with Gasteiger partial charge in [-0.25, -0.2) is 4.79 Å². The van der Waals surface area contributed by atoms with Crippen LogP contribution in [-0.2, 0) is 0 Å². The number of allylic oxidation sites excluding steroid dienone is 1. The van der Waals surface area contributed by atoms with E-state index in [0.29, 0.717) is 18.4 Å². The number of hydrogen-bond donors (Lipinski definition) is 2. The molecule has 0 spiro atoms. The van der Waals surface area contributed by atoms with E-state index < -0.39 is 5.97 Å². The average molecular weight is 261 g/mol. The Labute approximate surface area is 113 Å². The number of rotatable bonds is 6. The largest absolute Gasteiger partial charge is 0.492 e. The minimum absolute atomic E-state index is 0.253. The van der Waals surface area contributed by atoms with Crippen LogP contribution in [0.4, 0.5) is 0 Å². The third kappa shape index (κ3) is 4.41. The van der Waals surface area contributed by atoms with Crippen molar-refractivity contribution < 1.29 is 14.6 Å². The van der Waals surface area contributed by atoms with Crippen molar-refractivity contribution in [3.63, 3.8) is 0 Å². The molecule has 2 rings (SSSR count). The molecule has 1 aromatic carbocycles. The van der Waals surface area contributed by atoms with Crippen molar-refractivity contribution in [1.29, 1.82) is 0 Å². The third-order valence-electron chi connectivity index (χ3n) is 3.15. The van der Waals surface area contributed by atoms with Crippen molar-refractivity contribution in [2.24, 2.45) is 0 Å². The fourth-order valence-electron chi connectivity index (χ4n) is 2.13. The van der Waals surface area contributed by atoms with Crippen LogP contribution in [-0.4, -0.2) is 30.3 Å². The fourth-order valence-corrected chi connectivity index (χ4v) is 2.13. The number of ether oxygens (including phenoxy) is 1. The third-order valence-corrected chi connectivity index (χ3v) is 3.15. The average Bonchev–Trinajstić information content (AvgIpc) is 2.45. The highest BCUT2D eigenvalue weighted by atomic mass is 16.5. The summed E-state index contributed by atoms with van der Waals surface area (Å²) < 4.78 is 5.54. The first-order chi connectivity index (χ1) is 9.25. The van der Waals surface area contributed by atoms with Crippen molar-refractivity contribution in [2.45, 2.75) is 25.3 Å². The summed E-state index contributed by atoms with van der Waals surface area (Å²) in [6.45, 7) is 1.32. The summed E-state index contributed by atoms with van der Waals surface area (Å²) >= 11 is 0. The number of carboxylic acid groups (broad SMARTS) is 1. The first-order valence-electron chi connectivity index (χ1n) is 6.60. The van der Waals surface area contributed by atoms with Crippen LogP contribution in [0.1, 0.15) is 29.6 Å². The highest BCUT2D eigenvalue weighted by molar-refractivity contribution is 5.87. The lowest BCUT2D eigenvalue weighted by atomic mass is 10.0. The van der Waals surface area contributed by atoms with Crippen LogP contribution in [0.3, 0.4) is 0 Å². The van der Waals surface area contributed by atoms with Crippen LogP contribution in [0, 0.1) is 0 Å². The molecule has 0 saturated heterocycles. The Morgan fingerprint density at radius 3 is 3.05 bits per heavy atom. The second-order valence-electron chi connectivity index (χ2n) is 4.62. The second-order valence-corrected chi connectivity index (χ2v) is 4.62. The first kappa shape index (κ1) is 13.6. The maximum absolute atomic E-state index is 10.8. The molecule has 4 heteroatoms. The van der Waals surface area contributed by atoms with E-state index >= 15 is 0 Å². The van der Waals surface area contributed by atoms with Crippen molar-refractivity contribution in [3.8, 4) is 5.75 Å². The lowest BCUT2D eigenvalue weighted by Crippen LogP contribution is -2.33. The van der Waals surface area contributed by atoms with Crippen molar-refractivity contribution in [2.75, 3.05) is 13.2 Å². The summed E-state index contributed by atoms with van der Waals surface area (Å²) in [7, 11) is 0. The van der Waals surface area contributed by atoms with Gasteiger partial charge in [-0.2, -0.15) is 0 Å². The van der Waals surface area contributed by atoms with Crippen LogP contribution >= 0.6 is 0 Å². The maximum Gasteiger partial charge on any atom is 0.335 e. The topological polar surface area (TPSA) is 58.6 Å². The molecule has 0 heterocycles. The van der Waals surface area contributed by atoms with Crippen molar-refractivity contribution in [3.05, 3.63) is 42.0 Å². The molecule has 0 radical (unpaired) electrons. The highest BCUT2D eigenvalue weighted by Gasteiger charge is 2.08. The maximum atomic E-state index is 10.8. The molecule has 0 bridgehead atoms. The van der Waals surface area contributed by atoms with Crippen LogP contribution in [0.15, 0.2) is 36.4 Å². The molecule has 0 amide bonds. The Hall–Kier alpha value is -1.81. The number of carboxylic acids is 1. The van der Waals surface area contributed by atoms with E-state index in [4.69, 9.17) is 9.84 Å². The summed E-state index contributed by atoms with van der Waals surface area (Å²) in [6, 6.07) is 7.11. The van der Waals surface area contributed by atoms with Crippen LogP contribution in [0.2, 0.25) is 0 Å². The molecule has 0 fully saturated rings. The van der Waals surface area contributed by atoms with Crippen LogP contribution in [0.25, 0.3) is 0 Å². The zero-order valence-corrected chi connectivity index (χ0v) is 10.8. The van der Waals surface area contributed by atoms with Gasteiger partial charge in [-0.15, -0.1) is 0 Å². The molecule has 1 atom stereocenters. The quantitative estimate of drug-likeness (QED) is 0.610. The number of hydrogen-bond acceptors (Lipinski definition) is 3. The van der Waals surface area contributed by atoms with Gasteiger partial charge in [0.05, 0.1) is 5.56 Å². The number of benzene rings is 1. The summed E-state index contributed by atoms with van der Waals surface area (Å²) in [5.74, 6) is -0.331. The van der Waals surface area contributed by atoms with E-state index in [1.165, 1.54) is 6.42 Å². The predicted octanol–water partition coefficient (Wildman–Crippen LogP) is 2.46. The van der Waals surface area contributed by atoms with E-state index in [1.807, 2.05) is 0 Å². The lowest BCUT2D eigenvalue weighted by Gasteiger charge is -2.19. The first-order valence-corrected chi connectivity index (χ1v) is 6.60. The Bertz CT molecular complexity index is 456. The van der Waals surface area contributed by atoms with Gasteiger partial charge in [0, 0.05) is 12.6 Å². The molecule has 1 aliphatic rings. The molecule has 0 aliphatic heterocycles. The second kappa shape index (κ2) is 6.95. The van der Waals surface area contributed by atoms with Gasteiger partial charge >= 0.3 is 5.97 Å². The molecule has 0 saturated carbocycles. The van der Waals surface area contributed by atoms with Gasteiger partial charge in [0.2, 0.25) is 0 Å². The van der Waals surface area contributed by atoms with Gasteiger partial charge in [-0.3, -0.25) is 0 Å². The van der Waals surface area contributed by atoms with Gasteiger partial charge in [0.1, 0.15) is 12.4 Å². The standard InChI is InChI=1S/C15H19NO3/c17-15(18)12-5-4-8-14(11-12)19-10-9-16-13-6-2-1-3-7-13/h1-2,4-5,8,11,13,16H,3,6-7,9-10H2,(H,17,18). The normalized spacial score (nSPS) is 18.2. The molecular weight excluding hydrogens is 242 g/mol. The molecule has 1 aromatic rings. The monoisotopic (exact) mass is 261 g/mol. The SMILES string of the molecule is O=C(O)c1cccc(OCCNC2CC=CCC2)c1. The molecule has 0 aromatic heterocycles. The van der Waals surface area contributed by atoms with Gasteiger partial charge in [-0.1, -0.05) is 18.2 Å². The molecule has 4 nitrogen and oxygen atoms in total. The predicted molar refractivity (Wildman–Crippen MR) is 73.7 cm³/mol. The van der Waals surface area contributed by atoms with Crippen molar-refractivity contribution >= 4 is 5.97 Å². The van der Waals surface area contributed by atoms with Gasteiger partial charge in [0.25, 0.3) is 0 Å². The van der Waals surface area contributed by atoms with E-state index in [0.717, 1.165) is 19.4 Å². The van der Waals surface area contributed by atoms with Crippen LogP contribution in [0.5, 0.6) is 5.75 Å². The summed E-state index contributed by atoms with van der Waals surface area (Å²) in [4.78, 5) is 10.8. The van der Waals surface area contributed by atoms with Crippen LogP contribution < -0.4 is 10.1 Å². The Morgan fingerprint density at radius 2 is 2.32 bits per heavy atom. The summed E-state index contributed by atoms with van der Waals surface area (Å²) in [6.07, 6.45) is 7.81. The zero-order valence-electron chi connectivity index (χ0n) is 10.8. The number of aromatic carboxylic acids is 1. The van der Waals surface area contributed by atoms with Gasteiger partial charge in [-0.05, 0) is 37.5 Å². The van der Waals surface area contributed by atoms with E-state index in [9.17, 15) is 4.79 Å². The highest BCUT2D eigenvalue weighted by Crippen LogP contribution is 2.13. The van der Waals surface area contributed by atoms with Gasteiger partial charge < -0.3 is 15.2 Å². The minimum atomic E-state index is -0.933. The van der Waals surface area contributed by atoms with E-state index in [-0.39, 0.29) is 5.56 Å². The molecular formula is C15H19NO3. The number of carbonyl (C=O) groups is 1. The molecule has 2 N–H and O–H groups in total. The fraction of sp³-hybridized carbons (Fsp3) is 0.400. The zero-order chi connectivity index (χ0) is 13.5. The summed E-state index contributed by atoms with van der Waals surface area (Å²) in [5, 5.41) is 12.3. The van der Waals surface area contributed by atoms with E-state index in [2.05, 4.69) is 17.5 Å². The molecule has 102 valence electrons.